The lowest BCUT2D eigenvalue weighted by Gasteiger charge is -2.21. The number of nitrogens with one attached hydrogen (secondary N) is 2. The molecule has 0 saturated carbocycles. The van der Waals surface area contributed by atoms with Crippen LogP contribution in [0.25, 0.3) is 0 Å². The third-order valence-electron chi connectivity index (χ3n) is 3.39. The maximum Gasteiger partial charge on any atom is 0.241 e. The van der Waals surface area contributed by atoms with E-state index in [2.05, 4.69) is 35.4 Å². The lowest BCUT2D eigenvalue weighted by atomic mass is 10.1. The number of likely N-dealkylation sites (N-methyl/N-ethyl adjacent to an activating group) is 1. The monoisotopic (exact) mass is 263 g/mol. The van der Waals surface area contributed by atoms with E-state index >= 15 is 0 Å². The second-order valence-electron chi connectivity index (χ2n) is 4.62. The highest BCUT2D eigenvalue weighted by Gasteiger charge is 2.13. The summed E-state index contributed by atoms with van der Waals surface area (Å²) in [6.07, 6.45) is 0. The van der Waals surface area contributed by atoms with E-state index in [-0.39, 0.29) is 11.9 Å². The van der Waals surface area contributed by atoms with Gasteiger partial charge in [0.15, 0.2) is 0 Å². The lowest BCUT2D eigenvalue weighted by molar-refractivity contribution is -0.117. The van der Waals surface area contributed by atoms with Crippen LogP contribution in [0.15, 0.2) is 24.3 Å². The molecule has 0 aliphatic carbocycles. The van der Waals surface area contributed by atoms with Crippen LogP contribution < -0.4 is 10.6 Å². The number of carbonyl (C=O) groups is 1. The Morgan fingerprint density at radius 1 is 1.26 bits per heavy atom. The van der Waals surface area contributed by atoms with Gasteiger partial charge in [0.2, 0.25) is 5.91 Å². The molecule has 1 aromatic carbocycles. The van der Waals surface area contributed by atoms with Gasteiger partial charge >= 0.3 is 0 Å². The van der Waals surface area contributed by atoms with Gasteiger partial charge in [-0.3, -0.25) is 9.69 Å². The van der Waals surface area contributed by atoms with Crippen molar-refractivity contribution in [2.24, 2.45) is 0 Å². The van der Waals surface area contributed by atoms with Crippen LogP contribution in [0.1, 0.15) is 26.3 Å². The Balaban J connectivity index is 2.81. The van der Waals surface area contributed by atoms with Crippen LogP contribution in [-0.4, -0.2) is 37.0 Å². The topological polar surface area (TPSA) is 44.4 Å². The summed E-state index contributed by atoms with van der Waals surface area (Å²) in [5, 5.41) is 5.93. The molecule has 1 amide bonds. The van der Waals surface area contributed by atoms with Gasteiger partial charge in [0.25, 0.3) is 0 Å². The predicted octanol–water partition coefficient (Wildman–Crippen LogP) is 2.07. The van der Waals surface area contributed by atoms with Crippen molar-refractivity contribution in [2.75, 3.05) is 25.5 Å². The number of hydrogen-bond donors (Lipinski definition) is 2. The lowest BCUT2D eigenvalue weighted by Crippen LogP contribution is -2.36. The predicted molar refractivity (Wildman–Crippen MR) is 80.2 cm³/mol. The molecule has 0 aromatic heterocycles. The van der Waals surface area contributed by atoms with E-state index in [1.807, 2.05) is 25.1 Å². The molecule has 0 bridgehead atoms. The first kappa shape index (κ1) is 15.7. The zero-order valence-corrected chi connectivity index (χ0v) is 12.4. The van der Waals surface area contributed by atoms with E-state index in [0.29, 0.717) is 0 Å². The molecule has 0 heterocycles. The number of rotatable bonds is 7. The molecule has 4 heteroatoms. The number of benzene rings is 1. The standard InChI is InChI=1S/C15H25N3O/c1-5-18(6-2)11-13-9-7-8-10-14(13)17-15(19)12(3)16-4/h7-10,12,16H,5-6,11H2,1-4H3,(H,17,19). The second-order valence-corrected chi connectivity index (χ2v) is 4.62. The minimum Gasteiger partial charge on any atom is -0.324 e. The Morgan fingerprint density at radius 2 is 1.89 bits per heavy atom. The van der Waals surface area contributed by atoms with E-state index in [0.717, 1.165) is 30.9 Å². The molecule has 2 N–H and O–H groups in total. The van der Waals surface area contributed by atoms with Gasteiger partial charge in [0.1, 0.15) is 0 Å². The highest BCUT2D eigenvalue weighted by Crippen LogP contribution is 2.17. The normalized spacial score (nSPS) is 12.5. The van der Waals surface area contributed by atoms with Gasteiger partial charge in [-0.1, -0.05) is 32.0 Å². The van der Waals surface area contributed by atoms with E-state index in [1.54, 1.807) is 7.05 Å². The maximum atomic E-state index is 11.9. The van der Waals surface area contributed by atoms with E-state index in [9.17, 15) is 4.79 Å². The van der Waals surface area contributed by atoms with Crippen LogP contribution in [0.4, 0.5) is 5.69 Å². The summed E-state index contributed by atoms with van der Waals surface area (Å²) >= 11 is 0. The van der Waals surface area contributed by atoms with Crippen molar-refractivity contribution in [3.8, 4) is 0 Å². The molecule has 1 aromatic rings. The minimum atomic E-state index is -0.193. The van der Waals surface area contributed by atoms with Gasteiger partial charge < -0.3 is 10.6 Å². The van der Waals surface area contributed by atoms with Gasteiger partial charge in [0, 0.05) is 12.2 Å². The summed E-state index contributed by atoms with van der Waals surface area (Å²) < 4.78 is 0. The summed E-state index contributed by atoms with van der Waals surface area (Å²) in [5.74, 6) is -0.00510. The molecule has 0 aliphatic heterocycles. The zero-order chi connectivity index (χ0) is 14.3. The molecule has 1 unspecified atom stereocenters. The third-order valence-corrected chi connectivity index (χ3v) is 3.39. The molecule has 106 valence electrons. The third kappa shape index (κ3) is 4.65. The van der Waals surface area contributed by atoms with E-state index in [4.69, 9.17) is 0 Å². The quantitative estimate of drug-likeness (QED) is 0.791. The van der Waals surface area contributed by atoms with Crippen LogP contribution in [0.3, 0.4) is 0 Å². The van der Waals surface area contributed by atoms with Gasteiger partial charge in [-0.05, 0) is 38.7 Å². The summed E-state index contributed by atoms with van der Waals surface area (Å²) in [7, 11) is 1.78. The van der Waals surface area contributed by atoms with Crippen molar-refractivity contribution < 1.29 is 4.79 Å². The zero-order valence-electron chi connectivity index (χ0n) is 12.4. The summed E-state index contributed by atoms with van der Waals surface area (Å²) in [6.45, 7) is 9.01. The number of para-hydroxylation sites is 1. The summed E-state index contributed by atoms with van der Waals surface area (Å²) in [4.78, 5) is 14.3. The molecule has 4 nitrogen and oxygen atoms in total. The molecule has 0 fully saturated rings. The average Bonchev–Trinajstić information content (AvgIpc) is 2.45. The number of anilines is 1. The van der Waals surface area contributed by atoms with E-state index < -0.39 is 0 Å². The first-order valence-corrected chi connectivity index (χ1v) is 6.90. The van der Waals surface area contributed by atoms with Crippen LogP contribution in [-0.2, 0) is 11.3 Å². The molecule has 0 spiro atoms. The van der Waals surface area contributed by atoms with Crippen molar-refractivity contribution >= 4 is 11.6 Å². The number of hydrogen-bond acceptors (Lipinski definition) is 3. The highest BCUT2D eigenvalue weighted by atomic mass is 16.2. The van der Waals surface area contributed by atoms with Crippen LogP contribution in [0.5, 0.6) is 0 Å². The number of amides is 1. The first-order valence-electron chi connectivity index (χ1n) is 6.90. The fourth-order valence-corrected chi connectivity index (χ4v) is 1.84. The van der Waals surface area contributed by atoms with Crippen LogP contribution in [0.2, 0.25) is 0 Å². The molecular weight excluding hydrogens is 238 g/mol. The van der Waals surface area contributed by atoms with E-state index in [1.165, 1.54) is 0 Å². The van der Waals surface area contributed by atoms with Crippen LogP contribution >= 0.6 is 0 Å². The Labute approximate surface area is 116 Å². The molecule has 1 atom stereocenters. The van der Waals surface area contributed by atoms with Crippen molar-refractivity contribution in [2.45, 2.75) is 33.4 Å². The molecule has 0 aliphatic rings. The van der Waals surface area contributed by atoms with Gasteiger partial charge in [-0.15, -0.1) is 0 Å². The maximum absolute atomic E-state index is 11.9. The molecule has 1 rings (SSSR count). The van der Waals surface area contributed by atoms with Gasteiger partial charge in [-0.2, -0.15) is 0 Å². The Kier molecular flexibility index (Phi) is 6.53. The van der Waals surface area contributed by atoms with Crippen molar-refractivity contribution in [1.82, 2.24) is 10.2 Å². The Hall–Kier alpha value is -1.39. The Bertz CT molecular complexity index is 402. The Morgan fingerprint density at radius 3 is 2.47 bits per heavy atom. The minimum absolute atomic E-state index is 0.00510. The molecule has 19 heavy (non-hydrogen) atoms. The fraction of sp³-hybridized carbons (Fsp3) is 0.533. The van der Waals surface area contributed by atoms with Crippen molar-refractivity contribution in [1.29, 1.82) is 0 Å². The van der Waals surface area contributed by atoms with Gasteiger partial charge in [0.05, 0.1) is 6.04 Å². The molecular formula is C15H25N3O. The highest BCUT2D eigenvalue weighted by molar-refractivity contribution is 5.95. The largest absolute Gasteiger partial charge is 0.324 e. The molecule has 0 saturated heterocycles. The smallest absolute Gasteiger partial charge is 0.241 e. The fourth-order valence-electron chi connectivity index (χ4n) is 1.84. The second kappa shape index (κ2) is 7.92. The van der Waals surface area contributed by atoms with Crippen LogP contribution in [0, 0.1) is 0 Å². The van der Waals surface area contributed by atoms with Gasteiger partial charge in [-0.25, -0.2) is 0 Å². The SMILES string of the molecule is CCN(CC)Cc1ccccc1NC(=O)C(C)NC. The molecule has 0 radical (unpaired) electrons. The van der Waals surface area contributed by atoms with Crippen molar-refractivity contribution in [3.05, 3.63) is 29.8 Å². The number of nitrogens with zero attached hydrogens (tertiary/aromatic N) is 1. The number of carbonyl (C=O) groups excluding carboxylic acids is 1. The first-order chi connectivity index (χ1) is 9.12. The van der Waals surface area contributed by atoms with Crippen molar-refractivity contribution in [3.63, 3.8) is 0 Å². The summed E-state index contributed by atoms with van der Waals surface area (Å²) in [6, 6.07) is 7.79. The summed E-state index contributed by atoms with van der Waals surface area (Å²) in [5.41, 5.74) is 2.06. The average molecular weight is 263 g/mol.